The average Bonchev–Trinajstić information content (AvgIpc) is 2.79. The molecular weight excluding hydrogens is 444 g/mol. The molecule has 0 radical (unpaired) electrons. The lowest BCUT2D eigenvalue weighted by molar-refractivity contribution is 0.103. The molecule has 2 N–H and O–H groups in total. The van der Waals surface area contributed by atoms with E-state index in [1.165, 1.54) is 16.0 Å². The SMILES string of the molecule is Cc1ccc(SCCCNC(=S)Nc2cccc(C(=O)c3ccc(C(C)(C)C)cc3)c2)cc1. The van der Waals surface area contributed by atoms with Crippen LogP contribution in [0.15, 0.2) is 77.7 Å². The van der Waals surface area contributed by atoms with Crippen LogP contribution in [0.3, 0.4) is 0 Å². The molecule has 5 heteroatoms. The van der Waals surface area contributed by atoms with E-state index in [0.29, 0.717) is 16.2 Å². The molecule has 0 fully saturated rings. The number of aryl methyl sites for hydroxylation is 1. The Morgan fingerprint density at radius 1 is 0.939 bits per heavy atom. The topological polar surface area (TPSA) is 41.1 Å². The van der Waals surface area contributed by atoms with E-state index in [-0.39, 0.29) is 11.2 Å². The number of rotatable bonds is 8. The first-order valence-electron chi connectivity index (χ1n) is 11.2. The van der Waals surface area contributed by atoms with Gasteiger partial charge in [0, 0.05) is 28.3 Å². The highest BCUT2D eigenvalue weighted by molar-refractivity contribution is 7.99. The summed E-state index contributed by atoms with van der Waals surface area (Å²) < 4.78 is 0. The molecule has 0 atom stereocenters. The fraction of sp³-hybridized carbons (Fsp3) is 0.286. The number of hydrogen-bond acceptors (Lipinski definition) is 3. The lowest BCUT2D eigenvalue weighted by Crippen LogP contribution is -2.29. The van der Waals surface area contributed by atoms with Crippen LogP contribution < -0.4 is 10.6 Å². The van der Waals surface area contributed by atoms with Crippen molar-refractivity contribution in [1.82, 2.24) is 5.32 Å². The molecular formula is C28H32N2OS2. The molecule has 0 spiro atoms. The minimum absolute atomic E-state index is 0.00566. The Morgan fingerprint density at radius 3 is 2.30 bits per heavy atom. The number of nitrogens with one attached hydrogen (secondary N) is 2. The Labute approximate surface area is 207 Å². The maximum atomic E-state index is 12.9. The Bertz CT molecular complexity index is 1080. The number of carbonyl (C=O) groups excluding carboxylic acids is 1. The largest absolute Gasteiger partial charge is 0.362 e. The highest BCUT2D eigenvalue weighted by Gasteiger charge is 2.15. The minimum atomic E-state index is 0.00566. The van der Waals surface area contributed by atoms with Crippen LogP contribution in [-0.2, 0) is 5.41 Å². The summed E-state index contributed by atoms with van der Waals surface area (Å²) in [5.41, 5.74) is 4.68. The molecule has 0 aliphatic rings. The van der Waals surface area contributed by atoms with Gasteiger partial charge in [0.05, 0.1) is 0 Å². The third-order valence-corrected chi connectivity index (χ3v) is 6.64. The summed E-state index contributed by atoms with van der Waals surface area (Å²) >= 11 is 7.28. The molecule has 0 aliphatic carbocycles. The first kappa shape index (κ1) is 25.0. The van der Waals surface area contributed by atoms with Crippen molar-refractivity contribution in [2.75, 3.05) is 17.6 Å². The van der Waals surface area contributed by atoms with Gasteiger partial charge >= 0.3 is 0 Å². The van der Waals surface area contributed by atoms with E-state index in [2.05, 4.69) is 62.6 Å². The van der Waals surface area contributed by atoms with Crippen LogP contribution in [0.4, 0.5) is 5.69 Å². The lowest BCUT2D eigenvalue weighted by atomic mass is 9.86. The van der Waals surface area contributed by atoms with Crippen LogP contribution in [0.25, 0.3) is 0 Å². The summed E-state index contributed by atoms with van der Waals surface area (Å²) in [6.07, 6.45) is 1.00. The third-order valence-electron chi connectivity index (χ3n) is 5.29. The van der Waals surface area contributed by atoms with Crippen molar-refractivity contribution in [3.63, 3.8) is 0 Å². The molecule has 0 saturated heterocycles. The van der Waals surface area contributed by atoms with Crippen LogP contribution in [0, 0.1) is 6.92 Å². The van der Waals surface area contributed by atoms with Gasteiger partial charge in [-0.15, -0.1) is 11.8 Å². The first-order valence-corrected chi connectivity index (χ1v) is 12.6. The second-order valence-corrected chi connectivity index (χ2v) is 10.7. The quantitative estimate of drug-likeness (QED) is 0.159. The van der Waals surface area contributed by atoms with E-state index >= 15 is 0 Å². The number of anilines is 1. The van der Waals surface area contributed by atoms with E-state index < -0.39 is 0 Å². The summed E-state index contributed by atoms with van der Waals surface area (Å²) in [7, 11) is 0. The highest BCUT2D eigenvalue weighted by Crippen LogP contribution is 2.23. The van der Waals surface area contributed by atoms with Gasteiger partial charge in [-0.3, -0.25) is 4.79 Å². The van der Waals surface area contributed by atoms with Crippen LogP contribution in [0.2, 0.25) is 0 Å². The molecule has 0 aliphatic heterocycles. The number of ketones is 1. The Kier molecular flexibility index (Phi) is 8.70. The van der Waals surface area contributed by atoms with Gasteiger partial charge < -0.3 is 10.6 Å². The van der Waals surface area contributed by atoms with E-state index in [0.717, 1.165) is 24.4 Å². The second kappa shape index (κ2) is 11.5. The van der Waals surface area contributed by atoms with Gasteiger partial charge in [-0.25, -0.2) is 0 Å². The summed E-state index contributed by atoms with van der Waals surface area (Å²) in [5.74, 6) is 1.03. The zero-order valence-electron chi connectivity index (χ0n) is 19.8. The van der Waals surface area contributed by atoms with Crippen LogP contribution in [0.5, 0.6) is 0 Å². The van der Waals surface area contributed by atoms with Gasteiger partial charge in [0.25, 0.3) is 0 Å². The van der Waals surface area contributed by atoms with E-state index in [1.807, 2.05) is 60.3 Å². The fourth-order valence-electron chi connectivity index (χ4n) is 3.30. The van der Waals surface area contributed by atoms with Gasteiger partial charge in [0.15, 0.2) is 10.9 Å². The van der Waals surface area contributed by atoms with Crippen LogP contribution in [-0.4, -0.2) is 23.2 Å². The predicted molar refractivity (Wildman–Crippen MR) is 146 cm³/mol. The minimum Gasteiger partial charge on any atom is -0.362 e. The summed E-state index contributed by atoms with van der Waals surface area (Å²) in [6.45, 7) is 9.39. The molecule has 0 amide bonds. The maximum absolute atomic E-state index is 12.9. The highest BCUT2D eigenvalue weighted by atomic mass is 32.2. The molecule has 0 heterocycles. The van der Waals surface area contributed by atoms with E-state index in [1.54, 1.807) is 0 Å². The standard InChI is InChI=1S/C28H32N2OS2/c1-20-9-15-25(16-10-20)33-18-6-17-29-27(32)30-24-8-5-7-22(19-24)26(31)21-11-13-23(14-12-21)28(2,3)4/h5,7-16,19H,6,17-18H2,1-4H3,(H2,29,30,32). The molecule has 3 nitrogen and oxygen atoms in total. The lowest BCUT2D eigenvalue weighted by Gasteiger charge is -2.19. The van der Waals surface area contributed by atoms with Gasteiger partial charge in [0.2, 0.25) is 0 Å². The van der Waals surface area contributed by atoms with Crippen molar-refractivity contribution < 1.29 is 4.79 Å². The van der Waals surface area contributed by atoms with Crippen molar-refractivity contribution in [3.8, 4) is 0 Å². The molecule has 33 heavy (non-hydrogen) atoms. The zero-order chi connectivity index (χ0) is 23.8. The average molecular weight is 477 g/mol. The number of thioether (sulfide) groups is 1. The van der Waals surface area contributed by atoms with E-state index in [9.17, 15) is 4.79 Å². The normalized spacial score (nSPS) is 11.2. The molecule has 3 aromatic rings. The molecule has 0 unspecified atom stereocenters. The fourth-order valence-corrected chi connectivity index (χ4v) is 4.37. The summed E-state index contributed by atoms with van der Waals surface area (Å²) in [4.78, 5) is 14.2. The third kappa shape index (κ3) is 7.72. The van der Waals surface area contributed by atoms with Crippen molar-refractivity contribution in [3.05, 3.63) is 95.1 Å². The second-order valence-electron chi connectivity index (χ2n) is 9.13. The number of thiocarbonyl (C=S) groups is 1. The van der Waals surface area contributed by atoms with Gasteiger partial charge in [-0.05, 0) is 66.6 Å². The smallest absolute Gasteiger partial charge is 0.193 e. The molecule has 0 aromatic heterocycles. The van der Waals surface area contributed by atoms with Crippen molar-refractivity contribution in [2.24, 2.45) is 0 Å². The molecule has 172 valence electrons. The molecule has 3 aromatic carbocycles. The molecule has 3 rings (SSSR count). The Balaban J connectivity index is 1.48. The first-order chi connectivity index (χ1) is 15.7. The Hall–Kier alpha value is -2.63. The Morgan fingerprint density at radius 2 is 1.64 bits per heavy atom. The molecule has 0 saturated carbocycles. The van der Waals surface area contributed by atoms with Crippen LogP contribution in [0.1, 0.15) is 54.2 Å². The molecule has 0 bridgehead atoms. The van der Waals surface area contributed by atoms with Crippen molar-refractivity contribution >= 4 is 40.6 Å². The number of hydrogen-bond donors (Lipinski definition) is 2. The monoisotopic (exact) mass is 476 g/mol. The van der Waals surface area contributed by atoms with Gasteiger partial charge in [-0.1, -0.05) is 74.9 Å². The maximum Gasteiger partial charge on any atom is 0.193 e. The number of benzene rings is 3. The van der Waals surface area contributed by atoms with Crippen molar-refractivity contribution in [1.29, 1.82) is 0 Å². The number of carbonyl (C=O) groups is 1. The predicted octanol–water partition coefficient (Wildman–Crippen LogP) is 6.99. The zero-order valence-corrected chi connectivity index (χ0v) is 21.4. The van der Waals surface area contributed by atoms with Crippen LogP contribution >= 0.6 is 24.0 Å². The van der Waals surface area contributed by atoms with E-state index in [4.69, 9.17) is 12.2 Å². The summed E-state index contributed by atoms with van der Waals surface area (Å²) in [5, 5.41) is 7.01. The van der Waals surface area contributed by atoms with Gasteiger partial charge in [-0.2, -0.15) is 0 Å². The van der Waals surface area contributed by atoms with Crippen molar-refractivity contribution in [2.45, 2.75) is 44.4 Å². The summed E-state index contributed by atoms with van der Waals surface area (Å²) in [6, 6.07) is 24.0. The van der Waals surface area contributed by atoms with Gasteiger partial charge in [0.1, 0.15) is 0 Å².